The number of fused-ring (bicyclic) bond motifs is 2. The normalized spacial score (nSPS) is 33.1. The summed E-state index contributed by atoms with van der Waals surface area (Å²) in [5.41, 5.74) is 0.390. The average molecular weight is 363 g/mol. The van der Waals surface area contributed by atoms with E-state index < -0.39 is 0 Å². The van der Waals surface area contributed by atoms with Crippen molar-refractivity contribution in [2.75, 3.05) is 46.9 Å². The van der Waals surface area contributed by atoms with Gasteiger partial charge in [-0.15, -0.1) is 0 Å². The van der Waals surface area contributed by atoms with Gasteiger partial charge in [-0.2, -0.15) is 0 Å². The zero-order valence-corrected chi connectivity index (χ0v) is 16.4. The first-order valence-corrected chi connectivity index (χ1v) is 10.4. The van der Waals surface area contributed by atoms with Gasteiger partial charge < -0.3 is 19.9 Å². The Kier molecular flexibility index (Phi) is 5.13. The minimum absolute atomic E-state index is 0.0669. The first-order chi connectivity index (χ1) is 12.5. The van der Waals surface area contributed by atoms with Crippen LogP contribution in [0.25, 0.3) is 0 Å². The lowest BCUT2D eigenvalue weighted by atomic mass is 9.80. The van der Waals surface area contributed by atoms with Crippen molar-refractivity contribution < 1.29 is 9.53 Å². The number of likely N-dealkylation sites (tertiary alicyclic amines) is 1. The summed E-state index contributed by atoms with van der Waals surface area (Å²) in [6, 6.07) is 0.549. The molecule has 2 aliphatic carbocycles. The minimum Gasteiger partial charge on any atom is -0.381 e. The van der Waals surface area contributed by atoms with E-state index >= 15 is 0 Å². The summed E-state index contributed by atoms with van der Waals surface area (Å²) in [5, 5.41) is 3.78. The minimum atomic E-state index is 0.0669. The Morgan fingerprint density at radius 1 is 1.23 bits per heavy atom. The molecule has 6 nitrogen and oxygen atoms in total. The third kappa shape index (κ3) is 3.71. The Bertz CT molecular complexity index is 556. The second-order valence-electron chi connectivity index (χ2n) is 9.14. The Morgan fingerprint density at radius 2 is 2.04 bits per heavy atom. The van der Waals surface area contributed by atoms with Gasteiger partial charge in [-0.3, -0.25) is 4.79 Å². The van der Waals surface area contributed by atoms with E-state index in [1.807, 2.05) is 0 Å². The van der Waals surface area contributed by atoms with Gasteiger partial charge >= 0.3 is 0 Å². The number of carbonyl (C=O) groups is 1. The zero-order chi connectivity index (χ0) is 18.1. The largest absolute Gasteiger partial charge is 0.381 e. The summed E-state index contributed by atoms with van der Waals surface area (Å²) in [6.45, 7) is 4.11. The van der Waals surface area contributed by atoms with Gasteiger partial charge in [0.05, 0.1) is 0 Å². The number of nitrogens with zero attached hydrogens (tertiary/aromatic N) is 3. The molecule has 2 bridgehead atoms. The Morgan fingerprint density at radius 3 is 2.69 bits per heavy atom. The monoisotopic (exact) mass is 362 g/mol. The number of carbonyl (C=O) groups excluding carboxylic acids is 1. The molecule has 2 heterocycles. The van der Waals surface area contributed by atoms with Crippen molar-refractivity contribution in [3.63, 3.8) is 0 Å². The fraction of sp³-hybridized carbons (Fsp3) is 0.900. The quantitative estimate of drug-likeness (QED) is 0.613. The van der Waals surface area contributed by atoms with Crippen LogP contribution in [0.2, 0.25) is 0 Å². The summed E-state index contributed by atoms with van der Waals surface area (Å²) in [4.78, 5) is 20.9. The van der Waals surface area contributed by atoms with Gasteiger partial charge in [0.15, 0.2) is 5.96 Å². The van der Waals surface area contributed by atoms with E-state index in [1.54, 1.807) is 19.0 Å². The molecule has 4 aliphatic rings. The highest BCUT2D eigenvalue weighted by Gasteiger charge is 2.43. The lowest BCUT2D eigenvalue weighted by Crippen LogP contribution is -2.48. The molecular formula is C20H34N4O2. The molecule has 26 heavy (non-hydrogen) atoms. The first kappa shape index (κ1) is 18.1. The third-order valence-corrected chi connectivity index (χ3v) is 7.21. The molecule has 1 spiro atoms. The number of likely N-dealkylation sites (N-methyl/N-ethyl adjacent to an activating group) is 1. The van der Waals surface area contributed by atoms with Crippen LogP contribution in [0.15, 0.2) is 4.99 Å². The summed E-state index contributed by atoms with van der Waals surface area (Å²) in [7, 11) is 3.60. The number of rotatable bonds is 3. The third-order valence-electron chi connectivity index (χ3n) is 7.21. The number of nitrogens with one attached hydrogen (secondary N) is 1. The molecule has 2 saturated heterocycles. The van der Waals surface area contributed by atoms with Gasteiger partial charge in [0.25, 0.3) is 0 Å². The number of amides is 1. The van der Waals surface area contributed by atoms with E-state index in [2.05, 4.69) is 10.2 Å². The Labute approximate surface area is 157 Å². The van der Waals surface area contributed by atoms with Crippen LogP contribution in [-0.4, -0.2) is 74.7 Å². The van der Waals surface area contributed by atoms with E-state index in [9.17, 15) is 4.79 Å². The number of ether oxygens (including phenoxy) is 1. The second kappa shape index (κ2) is 7.37. The van der Waals surface area contributed by atoms with E-state index in [0.717, 1.165) is 56.9 Å². The van der Waals surface area contributed by atoms with Crippen molar-refractivity contribution in [3.05, 3.63) is 0 Å². The molecule has 0 aromatic carbocycles. The topological polar surface area (TPSA) is 57.2 Å². The van der Waals surface area contributed by atoms with Gasteiger partial charge in [0.2, 0.25) is 5.91 Å². The molecule has 6 heteroatoms. The highest BCUT2D eigenvalue weighted by Crippen LogP contribution is 2.45. The molecule has 4 fully saturated rings. The Hall–Kier alpha value is -1.30. The molecule has 2 saturated carbocycles. The van der Waals surface area contributed by atoms with E-state index in [-0.39, 0.29) is 12.5 Å². The van der Waals surface area contributed by atoms with Crippen LogP contribution >= 0.6 is 0 Å². The standard InChI is InChI=1S/C20H34N4O2/c1-23(2)18(25)13-21-19(22-17-12-15-3-4-16(17)11-15)24-8-5-20(14-24)6-9-26-10-7-20/h15-17H,3-14H2,1-2H3,(H,21,22). The molecule has 0 radical (unpaired) electrons. The smallest absolute Gasteiger partial charge is 0.243 e. The van der Waals surface area contributed by atoms with Crippen LogP contribution in [0.1, 0.15) is 44.9 Å². The summed E-state index contributed by atoms with van der Waals surface area (Å²) < 4.78 is 5.58. The van der Waals surface area contributed by atoms with Gasteiger partial charge in [0, 0.05) is 46.4 Å². The van der Waals surface area contributed by atoms with Crippen LogP contribution in [0.4, 0.5) is 0 Å². The van der Waals surface area contributed by atoms with Gasteiger partial charge in [-0.1, -0.05) is 6.42 Å². The molecule has 0 aromatic heterocycles. The van der Waals surface area contributed by atoms with E-state index in [1.165, 1.54) is 32.1 Å². The molecule has 1 amide bonds. The molecular weight excluding hydrogens is 328 g/mol. The van der Waals surface area contributed by atoms with Gasteiger partial charge in [0.1, 0.15) is 6.54 Å². The lowest BCUT2D eigenvalue weighted by molar-refractivity contribution is -0.127. The van der Waals surface area contributed by atoms with Crippen LogP contribution in [0.3, 0.4) is 0 Å². The predicted octanol–water partition coefficient (Wildman–Crippen LogP) is 1.71. The van der Waals surface area contributed by atoms with E-state index in [4.69, 9.17) is 9.73 Å². The van der Waals surface area contributed by atoms with Crippen molar-refractivity contribution in [2.24, 2.45) is 22.2 Å². The molecule has 0 aromatic rings. The summed E-state index contributed by atoms with van der Waals surface area (Å²) in [6.07, 6.45) is 8.94. The molecule has 1 N–H and O–H groups in total. The van der Waals surface area contributed by atoms with Gasteiger partial charge in [-0.25, -0.2) is 4.99 Å². The number of guanidine groups is 1. The Balaban J connectivity index is 1.45. The summed E-state index contributed by atoms with van der Waals surface area (Å²) >= 11 is 0. The zero-order valence-electron chi connectivity index (χ0n) is 16.4. The van der Waals surface area contributed by atoms with Crippen molar-refractivity contribution in [1.29, 1.82) is 0 Å². The number of hydrogen-bond acceptors (Lipinski definition) is 3. The highest BCUT2D eigenvalue weighted by atomic mass is 16.5. The SMILES string of the molecule is CN(C)C(=O)CN=C(NC1CC2CCC1C2)N1CCC2(CCOCC2)C1. The second-order valence-corrected chi connectivity index (χ2v) is 9.14. The maximum Gasteiger partial charge on any atom is 0.243 e. The molecule has 4 rings (SSSR count). The van der Waals surface area contributed by atoms with Crippen molar-refractivity contribution in [3.8, 4) is 0 Å². The van der Waals surface area contributed by atoms with Crippen molar-refractivity contribution in [1.82, 2.24) is 15.1 Å². The fourth-order valence-electron chi connectivity index (χ4n) is 5.44. The maximum atomic E-state index is 12.1. The molecule has 3 unspecified atom stereocenters. The van der Waals surface area contributed by atoms with Crippen LogP contribution in [0, 0.1) is 17.3 Å². The number of hydrogen-bond donors (Lipinski definition) is 1. The predicted molar refractivity (Wildman–Crippen MR) is 102 cm³/mol. The molecule has 146 valence electrons. The first-order valence-electron chi connectivity index (χ1n) is 10.4. The maximum absolute atomic E-state index is 12.1. The fourth-order valence-corrected chi connectivity index (χ4v) is 5.44. The van der Waals surface area contributed by atoms with Crippen LogP contribution in [-0.2, 0) is 9.53 Å². The average Bonchev–Trinajstić information content (AvgIpc) is 3.35. The van der Waals surface area contributed by atoms with Crippen molar-refractivity contribution in [2.45, 2.75) is 51.0 Å². The molecule has 3 atom stereocenters. The van der Waals surface area contributed by atoms with E-state index in [0.29, 0.717) is 11.5 Å². The van der Waals surface area contributed by atoms with Crippen molar-refractivity contribution >= 4 is 11.9 Å². The lowest BCUT2D eigenvalue weighted by Gasteiger charge is -2.34. The van der Waals surface area contributed by atoms with Crippen LogP contribution in [0.5, 0.6) is 0 Å². The van der Waals surface area contributed by atoms with Crippen LogP contribution < -0.4 is 5.32 Å². The summed E-state index contributed by atoms with van der Waals surface area (Å²) in [5.74, 6) is 2.75. The highest BCUT2D eigenvalue weighted by molar-refractivity contribution is 5.85. The van der Waals surface area contributed by atoms with Gasteiger partial charge in [-0.05, 0) is 55.8 Å². The number of aliphatic imine (C=N–C) groups is 1. The molecule has 2 aliphatic heterocycles.